The highest BCUT2D eigenvalue weighted by atomic mass is 16.8. The van der Waals surface area contributed by atoms with Gasteiger partial charge in [0.25, 0.3) is 0 Å². The van der Waals surface area contributed by atoms with Crippen molar-refractivity contribution < 1.29 is 54.4 Å². The number of aliphatic hydroxyl groups is 6. The Hall–Kier alpha value is -1.57. The highest BCUT2D eigenvalue weighted by Gasteiger charge is 2.57. The summed E-state index contributed by atoms with van der Waals surface area (Å²) in [6, 6.07) is 0. The summed E-state index contributed by atoms with van der Waals surface area (Å²) in [4.78, 5) is 12.0. The van der Waals surface area contributed by atoms with Gasteiger partial charge in [-0.05, 0) is 12.0 Å². The van der Waals surface area contributed by atoms with Crippen LogP contribution >= 0.6 is 0 Å². The van der Waals surface area contributed by atoms with Crippen molar-refractivity contribution in [2.24, 2.45) is 5.92 Å². The largest absolute Gasteiger partial charge is 0.471 e. The molecule has 8 atom stereocenters. The summed E-state index contributed by atoms with van der Waals surface area (Å²) in [5, 5.41) is 59.9. The fourth-order valence-corrected chi connectivity index (χ4v) is 3.76. The smallest absolute Gasteiger partial charge is 0.339 e. The fraction of sp³-hybridized carbons (Fsp3) is 0.706. The number of esters is 1. The lowest BCUT2D eigenvalue weighted by Gasteiger charge is -2.44. The molecule has 0 spiro atoms. The standard InChI is InChI=1S/C17H24O11/c1-25-14(23)8-6-26-15(10-7(4-18)2-3-17(8,10)24)28-16-13(22)12(21)11(20)9(5-19)27-16/h2,6,9-13,15-16,18-22,24H,3-5H2,1H3/t9-,10+,11-,12-,13-,15+,16+,17+/m1/s1. The molecule has 0 amide bonds. The molecule has 1 saturated heterocycles. The molecule has 11 nitrogen and oxygen atoms in total. The Morgan fingerprint density at radius 3 is 2.54 bits per heavy atom. The normalized spacial score (nSPS) is 42.9. The Labute approximate surface area is 160 Å². The first-order valence-corrected chi connectivity index (χ1v) is 8.71. The number of rotatable bonds is 5. The van der Waals surface area contributed by atoms with E-state index in [-0.39, 0.29) is 12.0 Å². The van der Waals surface area contributed by atoms with Crippen LogP contribution in [0.1, 0.15) is 6.42 Å². The lowest BCUT2D eigenvalue weighted by atomic mass is 9.79. The molecule has 3 rings (SSSR count). The van der Waals surface area contributed by atoms with Crippen LogP contribution in [0.3, 0.4) is 0 Å². The number of ether oxygens (including phenoxy) is 4. The van der Waals surface area contributed by atoms with Gasteiger partial charge < -0.3 is 49.6 Å². The number of fused-ring (bicyclic) bond motifs is 1. The third-order valence-electron chi connectivity index (χ3n) is 5.35. The van der Waals surface area contributed by atoms with Gasteiger partial charge in [-0.15, -0.1) is 0 Å². The van der Waals surface area contributed by atoms with Crippen LogP contribution in [-0.2, 0) is 23.7 Å². The monoisotopic (exact) mass is 404 g/mol. The van der Waals surface area contributed by atoms with Gasteiger partial charge in [-0.3, -0.25) is 0 Å². The second-order valence-electron chi connectivity index (χ2n) is 6.90. The maximum absolute atomic E-state index is 12.0. The van der Waals surface area contributed by atoms with Crippen LogP contribution < -0.4 is 0 Å². The molecule has 0 aromatic rings. The molecule has 0 aromatic heterocycles. The third-order valence-corrected chi connectivity index (χ3v) is 5.35. The van der Waals surface area contributed by atoms with Gasteiger partial charge in [0.05, 0.1) is 32.5 Å². The Balaban J connectivity index is 1.86. The van der Waals surface area contributed by atoms with Gasteiger partial charge in [0.2, 0.25) is 6.29 Å². The van der Waals surface area contributed by atoms with Crippen molar-refractivity contribution in [2.75, 3.05) is 20.3 Å². The van der Waals surface area contributed by atoms with Crippen LogP contribution in [0, 0.1) is 5.92 Å². The first kappa shape index (κ1) is 21.1. The van der Waals surface area contributed by atoms with Crippen LogP contribution in [0.5, 0.6) is 0 Å². The molecule has 11 heteroatoms. The van der Waals surface area contributed by atoms with E-state index in [0.717, 1.165) is 13.4 Å². The summed E-state index contributed by atoms with van der Waals surface area (Å²) < 4.78 is 20.9. The molecule has 6 N–H and O–H groups in total. The second kappa shape index (κ2) is 8.05. The highest BCUT2D eigenvalue weighted by Crippen LogP contribution is 2.47. The molecule has 0 radical (unpaired) electrons. The van der Waals surface area contributed by atoms with E-state index in [9.17, 15) is 35.4 Å². The lowest BCUT2D eigenvalue weighted by molar-refractivity contribution is -0.343. The molecule has 0 saturated carbocycles. The third kappa shape index (κ3) is 3.33. The van der Waals surface area contributed by atoms with Crippen LogP contribution in [0.25, 0.3) is 0 Å². The van der Waals surface area contributed by atoms with Gasteiger partial charge in [0.1, 0.15) is 35.6 Å². The Bertz CT molecular complexity index is 659. The van der Waals surface area contributed by atoms with Crippen molar-refractivity contribution in [3.05, 3.63) is 23.5 Å². The molecule has 2 heterocycles. The topological polar surface area (TPSA) is 175 Å². The minimum atomic E-state index is -1.78. The fourth-order valence-electron chi connectivity index (χ4n) is 3.76. The average molecular weight is 404 g/mol. The molecule has 28 heavy (non-hydrogen) atoms. The average Bonchev–Trinajstić information content (AvgIpc) is 3.05. The van der Waals surface area contributed by atoms with Crippen molar-refractivity contribution in [1.82, 2.24) is 0 Å². The summed E-state index contributed by atoms with van der Waals surface area (Å²) >= 11 is 0. The zero-order valence-corrected chi connectivity index (χ0v) is 15.0. The van der Waals surface area contributed by atoms with Crippen molar-refractivity contribution in [3.63, 3.8) is 0 Å². The SMILES string of the molecule is COC(=O)C1=CO[C@@H](O[C@@H]2O[C@H](CO)[C@@H](O)[C@@H](O)[C@H]2O)[C@@H]2C(CO)=CC[C@]12O. The van der Waals surface area contributed by atoms with E-state index in [0.29, 0.717) is 5.57 Å². The number of aliphatic hydroxyl groups excluding tert-OH is 5. The summed E-state index contributed by atoms with van der Waals surface area (Å²) in [6.07, 6.45) is -6.39. The van der Waals surface area contributed by atoms with Gasteiger partial charge in [-0.1, -0.05) is 6.08 Å². The minimum Gasteiger partial charge on any atom is -0.471 e. The summed E-state index contributed by atoms with van der Waals surface area (Å²) in [5.74, 6) is -1.84. The Kier molecular flexibility index (Phi) is 6.08. The van der Waals surface area contributed by atoms with E-state index < -0.39 is 67.7 Å². The van der Waals surface area contributed by atoms with E-state index in [2.05, 4.69) is 4.74 Å². The molecule has 1 fully saturated rings. The molecular weight excluding hydrogens is 380 g/mol. The number of carbonyl (C=O) groups excluding carboxylic acids is 1. The quantitative estimate of drug-likeness (QED) is 0.202. The van der Waals surface area contributed by atoms with Gasteiger partial charge >= 0.3 is 5.97 Å². The van der Waals surface area contributed by atoms with Crippen molar-refractivity contribution in [1.29, 1.82) is 0 Å². The van der Waals surface area contributed by atoms with Crippen LogP contribution in [0.2, 0.25) is 0 Å². The molecule has 3 aliphatic rings. The summed E-state index contributed by atoms with van der Waals surface area (Å²) in [7, 11) is 1.15. The summed E-state index contributed by atoms with van der Waals surface area (Å²) in [6.45, 7) is -1.09. The number of hydrogen-bond acceptors (Lipinski definition) is 11. The molecule has 158 valence electrons. The van der Waals surface area contributed by atoms with E-state index >= 15 is 0 Å². The molecular formula is C17H24O11. The minimum absolute atomic E-state index is 0.00754. The van der Waals surface area contributed by atoms with E-state index in [1.165, 1.54) is 0 Å². The molecule has 2 aliphatic heterocycles. The predicted molar refractivity (Wildman–Crippen MR) is 88.0 cm³/mol. The molecule has 0 bridgehead atoms. The van der Waals surface area contributed by atoms with Gasteiger partial charge in [0, 0.05) is 0 Å². The Morgan fingerprint density at radius 2 is 1.93 bits per heavy atom. The van der Waals surface area contributed by atoms with Crippen molar-refractivity contribution >= 4 is 5.97 Å². The number of carbonyl (C=O) groups is 1. The van der Waals surface area contributed by atoms with Gasteiger partial charge in [0.15, 0.2) is 6.29 Å². The maximum Gasteiger partial charge on any atom is 0.339 e. The molecule has 0 unspecified atom stereocenters. The Morgan fingerprint density at radius 1 is 1.21 bits per heavy atom. The number of methoxy groups -OCH3 is 1. The highest BCUT2D eigenvalue weighted by molar-refractivity contribution is 5.91. The first-order chi connectivity index (χ1) is 13.3. The molecule has 0 aromatic carbocycles. The second-order valence-corrected chi connectivity index (χ2v) is 6.90. The van der Waals surface area contributed by atoms with Crippen LogP contribution in [0.15, 0.2) is 23.5 Å². The van der Waals surface area contributed by atoms with Gasteiger partial charge in [-0.25, -0.2) is 4.79 Å². The van der Waals surface area contributed by atoms with Crippen molar-refractivity contribution in [3.8, 4) is 0 Å². The first-order valence-electron chi connectivity index (χ1n) is 8.71. The predicted octanol–water partition coefficient (Wildman–Crippen LogP) is -3.11. The van der Waals surface area contributed by atoms with Crippen molar-refractivity contribution in [2.45, 2.75) is 49.0 Å². The van der Waals surface area contributed by atoms with E-state index in [1.54, 1.807) is 6.08 Å². The zero-order chi connectivity index (χ0) is 20.6. The van der Waals surface area contributed by atoms with E-state index in [1.807, 2.05) is 0 Å². The number of hydrogen-bond donors (Lipinski definition) is 6. The zero-order valence-electron chi connectivity index (χ0n) is 15.0. The summed E-state index contributed by atoms with van der Waals surface area (Å²) in [5.41, 5.74) is -1.60. The lowest BCUT2D eigenvalue weighted by Crippen LogP contribution is -2.61. The van der Waals surface area contributed by atoms with E-state index in [4.69, 9.17) is 14.2 Å². The molecule has 1 aliphatic carbocycles. The maximum atomic E-state index is 12.0. The van der Waals surface area contributed by atoms with Crippen LogP contribution in [-0.4, -0.2) is 99.5 Å². The van der Waals surface area contributed by atoms with Gasteiger partial charge in [-0.2, -0.15) is 0 Å². The van der Waals surface area contributed by atoms with Crippen LogP contribution in [0.4, 0.5) is 0 Å².